The van der Waals surface area contributed by atoms with Crippen LogP contribution in [0.2, 0.25) is 0 Å². The first kappa shape index (κ1) is 15.2. The van der Waals surface area contributed by atoms with E-state index in [1.165, 1.54) is 6.92 Å². The second-order valence-corrected chi connectivity index (χ2v) is 6.41. The Hall–Kier alpha value is -2.19. The molecule has 1 unspecified atom stereocenters. The van der Waals surface area contributed by atoms with E-state index in [-0.39, 0.29) is 0 Å². The van der Waals surface area contributed by atoms with Gasteiger partial charge in [-0.2, -0.15) is 5.10 Å². The minimum atomic E-state index is -3.44. The SMILES string of the molecule is CC(NS(C)(=O)=O)C(=O)Nc1cc(-c2ccccc2)[nH]n1. The molecule has 0 saturated carbocycles. The number of benzene rings is 1. The van der Waals surface area contributed by atoms with Gasteiger partial charge < -0.3 is 5.32 Å². The molecule has 2 aromatic rings. The van der Waals surface area contributed by atoms with Crippen LogP contribution in [0.15, 0.2) is 36.4 Å². The lowest BCUT2D eigenvalue weighted by atomic mass is 10.1. The Bertz CT molecular complexity index is 725. The number of carbonyl (C=O) groups excluding carboxylic acids is 1. The van der Waals surface area contributed by atoms with Crippen molar-refractivity contribution >= 4 is 21.7 Å². The summed E-state index contributed by atoms with van der Waals surface area (Å²) in [5, 5.41) is 9.33. The summed E-state index contributed by atoms with van der Waals surface area (Å²) in [5.41, 5.74) is 1.70. The Morgan fingerprint density at radius 2 is 1.95 bits per heavy atom. The molecule has 0 aliphatic heterocycles. The van der Waals surface area contributed by atoms with Crippen LogP contribution in [0.1, 0.15) is 6.92 Å². The summed E-state index contributed by atoms with van der Waals surface area (Å²) in [6.45, 7) is 1.46. The fourth-order valence-corrected chi connectivity index (χ4v) is 2.51. The summed E-state index contributed by atoms with van der Waals surface area (Å²) in [6.07, 6.45) is 0.999. The van der Waals surface area contributed by atoms with Crippen LogP contribution >= 0.6 is 0 Å². The second kappa shape index (κ2) is 6.06. The fraction of sp³-hybridized carbons (Fsp3) is 0.231. The minimum absolute atomic E-state index is 0.334. The molecule has 1 amide bonds. The van der Waals surface area contributed by atoms with Crippen molar-refractivity contribution in [1.82, 2.24) is 14.9 Å². The minimum Gasteiger partial charge on any atom is -0.308 e. The fourth-order valence-electron chi connectivity index (χ4n) is 1.76. The Balaban J connectivity index is 2.04. The van der Waals surface area contributed by atoms with Crippen molar-refractivity contribution in [3.8, 4) is 11.3 Å². The summed E-state index contributed by atoms with van der Waals surface area (Å²) in [6, 6.07) is 10.3. The molecule has 0 aliphatic carbocycles. The first-order valence-electron chi connectivity index (χ1n) is 6.24. The van der Waals surface area contributed by atoms with Crippen molar-refractivity contribution in [1.29, 1.82) is 0 Å². The van der Waals surface area contributed by atoms with Gasteiger partial charge in [-0.1, -0.05) is 30.3 Å². The van der Waals surface area contributed by atoms with Gasteiger partial charge in [-0.25, -0.2) is 13.1 Å². The number of amides is 1. The van der Waals surface area contributed by atoms with Gasteiger partial charge in [0.15, 0.2) is 5.82 Å². The van der Waals surface area contributed by atoms with E-state index >= 15 is 0 Å². The predicted octanol–water partition coefficient (Wildman–Crippen LogP) is 0.953. The Morgan fingerprint density at radius 3 is 2.57 bits per heavy atom. The zero-order chi connectivity index (χ0) is 15.5. The van der Waals surface area contributed by atoms with E-state index in [9.17, 15) is 13.2 Å². The van der Waals surface area contributed by atoms with Gasteiger partial charge >= 0.3 is 0 Å². The number of nitrogens with one attached hydrogen (secondary N) is 3. The maximum atomic E-state index is 11.8. The van der Waals surface area contributed by atoms with Crippen LogP contribution in [0.3, 0.4) is 0 Å². The average Bonchev–Trinajstić information content (AvgIpc) is 2.86. The summed E-state index contributed by atoms with van der Waals surface area (Å²) in [7, 11) is -3.44. The third kappa shape index (κ3) is 4.40. The molecule has 1 heterocycles. The summed E-state index contributed by atoms with van der Waals surface area (Å²) >= 11 is 0. The number of hydrogen-bond donors (Lipinski definition) is 3. The monoisotopic (exact) mass is 308 g/mol. The molecule has 1 aromatic carbocycles. The van der Waals surface area contributed by atoms with Crippen LogP contribution in [-0.2, 0) is 14.8 Å². The smallest absolute Gasteiger partial charge is 0.243 e. The number of anilines is 1. The van der Waals surface area contributed by atoms with Gasteiger partial charge in [-0.05, 0) is 12.5 Å². The molecule has 2 rings (SSSR count). The van der Waals surface area contributed by atoms with Crippen LogP contribution in [-0.4, -0.2) is 36.8 Å². The first-order chi connectivity index (χ1) is 9.85. The standard InChI is InChI=1S/C13H16N4O3S/c1-9(17-21(2,19)20)13(18)14-12-8-11(15-16-12)10-6-4-3-5-7-10/h3-9,17H,1-2H3,(H2,14,15,16,18). The number of sulfonamides is 1. The van der Waals surface area contributed by atoms with E-state index in [1.807, 2.05) is 30.3 Å². The van der Waals surface area contributed by atoms with E-state index in [2.05, 4.69) is 20.2 Å². The molecule has 0 spiro atoms. The molecule has 8 heteroatoms. The van der Waals surface area contributed by atoms with E-state index in [0.29, 0.717) is 5.82 Å². The van der Waals surface area contributed by atoms with E-state index in [4.69, 9.17) is 0 Å². The summed E-state index contributed by atoms with van der Waals surface area (Å²) < 4.78 is 24.3. The molecule has 0 saturated heterocycles. The number of aromatic nitrogens is 2. The average molecular weight is 308 g/mol. The molecule has 0 radical (unpaired) electrons. The molecule has 1 aromatic heterocycles. The van der Waals surface area contributed by atoms with Gasteiger partial charge in [0.05, 0.1) is 18.0 Å². The third-order valence-electron chi connectivity index (χ3n) is 2.70. The highest BCUT2D eigenvalue weighted by atomic mass is 32.2. The van der Waals surface area contributed by atoms with Crippen LogP contribution in [0.5, 0.6) is 0 Å². The Kier molecular flexibility index (Phi) is 4.39. The van der Waals surface area contributed by atoms with Crippen molar-refractivity contribution in [3.63, 3.8) is 0 Å². The second-order valence-electron chi connectivity index (χ2n) is 4.63. The molecular weight excluding hydrogens is 292 g/mol. The number of aromatic amines is 1. The van der Waals surface area contributed by atoms with Crippen molar-refractivity contribution in [2.75, 3.05) is 11.6 Å². The number of H-pyrrole nitrogens is 1. The van der Waals surface area contributed by atoms with Crippen LogP contribution < -0.4 is 10.0 Å². The molecule has 0 fully saturated rings. The Labute approximate surface area is 122 Å². The molecule has 21 heavy (non-hydrogen) atoms. The molecule has 1 atom stereocenters. The maximum Gasteiger partial charge on any atom is 0.243 e. The molecular formula is C13H16N4O3S. The molecule has 112 valence electrons. The highest BCUT2D eigenvalue weighted by Gasteiger charge is 2.18. The lowest BCUT2D eigenvalue weighted by Crippen LogP contribution is -2.41. The van der Waals surface area contributed by atoms with Crippen molar-refractivity contribution in [2.45, 2.75) is 13.0 Å². The maximum absolute atomic E-state index is 11.8. The number of carbonyl (C=O) groups is 1. The predicted molar refractivity (Wildman–Crippen MR) is 80.1 cm³/mol. The zero-order valence-corrected chi connectivity index (χ0v) is 12.4. The van der Waals surface area contributed by atoms with Gasteiger partial charge in [0, 0.05) is 6.07 Å². The van der Waals surface area contributed by atoms with Crippen LogP contribution in [0, 0.1) is 0 Å². The highest BCUT2D eigenvalue weighted by Crippen LogP contribution is 2.19. The lowest BCUT2D eigenvalue weighted by molar-refractivity contribution is -0.117. The van der Waals surface area contributed by atoms with Crippen LogP contribution in [0.4, 0.5) is 5.82 Å². The number of nitrogens with zero attached hydrogens (tertiary/aromatic N) is 1. The van der Waals surface area contributed by atoms with E-state index in [1.54, 1.807) is 6.07 Å². The number of hydrogen-bond acceptors (Lipinski definition) is 4. The van der Waals surface area contributed by atoms with Crippen molar-refractivity contribution in [2.24, 2.45) is 0 Å². The highest BCUT2D eigenvalue weighted by molar-refractivity contribution is 7.88. The lowest BCUT2D eigenvalue weighted by Gasteiger charge is -2.10. The summed E-state index contributed by atoms with van der Waals surface area (Å²) in [4.78, 5) is 11.8. The largest absolute Gasteiger partial charge is 0.308 e. The van der Waals surface area contributed by atoms with Crippen molar-refractivity contribution in [3.05, 3.63) is 36.4 Å². The van der Waals surface area contributed by atoms with Crippen LogP contribution in [0.25, 0.3) is 11.3 Å². The first-order valence-corrected chi connectivity index (χ1v) is 8.13. The summed E-state index contributed by atoms with van der Waals surface area (Å²) in [5.74, 6) is -0.146. The van der Waals surface area contributed by atoms with Gasteiger partial charge in [0.1, 0.15) is 0 Å². The normalized spacial score (nSPS) is 12.9. The third-order valence-corrected chi connectivity index (χ3v) is 3.48. The quantitative estimate of drug-likeness (QED) is 0.765. The van der Waals surface area contributed by atoms with Crippen molar-refractivity contribution < 1.29 is 13.2 Å². The zero-order valence-electron chi connectivity index (χ0n) is 11.6. The topological polar surface area (TPSA) is 104 Å². The van der Waals surface area contributed by atoms with E-state index in [0.717, 1.165) is 17.5 Å². The number of rotatable bonds is 5. The molecule has 7 nitrogen and oxygen atoms in total. The molecule has 0 aliphatic rings. The van der Waals surface area contributed by atoms with Gasteiger partial charge in [-0.15, -0.1) is 0 Å². The van der Waals surface area contributed by atoms with E-state index < -0.39 is 22.0 Å². The van der Waals surface area contributed by atoms with Gasteiger partial charge in [0.25, 0.3) is 0 Å². The van der Waals surface area contributed by atoms with Gasteiger partial charge in [-0.3, -0.25) is 9.89 Å². The Morgan fingerprint density at radius 1 is 1.29 bits per heavy atom. The molecule has 3 N–H and O–H groups in total. The molecule has 0 bridgehead atoms. The van der Waals surface area contributed by atoms with Gasteiger partial charge in [0.2, 0.25) is 15.9 Å².